The largest absolute Gasteiger partial charge is 0.341 e. The first-order valence-electron chi connectivity index (χ1n) is 4.23. The second-order valence-electron chi connectivity index (χ2n) is 2.95. The van der Waals surface area contributed by atoms with E-state index in [-0.39, 0.29) is 11.8 Å². The lowest BCUT2D eigenvalue weighted by molar-refractivity contribution is -0.113. The molecule has 72 valence electrons. The molecular weight excluding hydrogens is 200 g/mol. The Labute approximate surface area is 86.1 Å². The van der Waals surface area contributed by atoms with Crippen LogP contribution in [-0.4, -0.2) is 16.8 Å². The number of nitrogens with one attached hydrogen (secondary N) is 2. The van der Waals surface area contributed by atoms with Crippen molar-refractivity contribution in [1.82, 2.24) is 4.98 Å². The molecule has 0 radical (unpaired) electrons. The van der Waals surface area contributed by atoms with Crippen molar-refractivity contribution in [1.29, 1.82) is 0 Å². The summed E-state index contributed by atoms with van der Waals surface area (Å²) < 4.78 is 0. The Balaban J connectivity index is 2.31. The van der Waals surface area contributed by atoms with Crippen molar-refractivity contribution in [2.24, 2.45) is 0 Å². The number of aromatic nitrogens is 1. The predicted octanol–water partition coefficient (Wildman–Crippen LogP) is 2.35. The Bertz CT molecular complexity index is 431. The minimum absolute atomic E-state index is 0.0324. The Morgan fingerprint density at radius 3 is 2.93 bits per heavy atom. The van der Waals surface area contributed by atoms with Crippen molar-refractivity contribution < 1.29 is 4.79 Å². The molecular formula is C10H9ClN2O. The van der Waals surface area contributed by atoms with Crippen LogP contribution in [0.25, 0.3) is 10.9 Å². The molecule has 0 saturated carbocycles. The molecule has 0 saturated heterocycles. The normalized spacial score (nSPS) is 10.4. The molecule has 1 amide bonds. The lowest BCUT2D eigenvalue weighted by Crippen LogP contribution is -2.12. The molecule has 0 fully saturated rings. The van der Waals surface area contributed by atoms with Gasteiger partial charge in [-0.3, -0.25) is 4.79 Å². The molecule has 1 aromatic carbocycles. The zero-order valence-electron chi connectivity index (χ0n) is 7.38. The number of rotatable bonds is 2. The minimum Gasteiger partial charge on any atom is -0.341 e. The van der Waals surface area contributed by atoms with Gasteiger partial charge in [-0.05, 0) is 12.1 Å². The van der Waals surface area contributed by atoms with E-state index in [1.807, 2.05) is 30.3 Å². The summed E-state index contributed by atoms with van der Waals surface area (Å²) in [6, 6.07) is 9.68. The Morgan fingerprint density at radius 2 is 2.21 bits per heavy atom. The minimum atomic E-state index is -0.210. The molecule has 0 unspecified atom stereocenters. The molecule has 0 aliphatic rings. The first kappa shape index (κ1) is 9.09. The van der Waals surface area contributed by atoms with E-state index in [1.54, 1.807) is 0 Å². The standard InChI is InChI=1S/C10H9ClN2O/c11-6-10(14)13-9-5-7-3-1-2-4-8(7)12-9/h1-5,12H,6H2,(H,13,14). The van der Waals surface area contributed by atoms with Crippen molar-refractivity contribution in [3.63, 3.8) is 0 Å². The van der Waals surface area contributed by atoms with Crippen molar-refractivity contribution >= 4 is 34.2 Å². The highest BCUT2D eigenvalue weighted by Gasteiger charge is 2.02. The highest BCUT2D eigenvalue weighted by atomic mass is 35.5. The fraction of sp³-hybridized carbons (Fsp3) is 0.100. The summed E-state index contributed by atoms with van der Waals surface area (Å²) in [7, 11) is 0. The third-order valence-corrected chi connectivity index (χ3v) is 2.17. The summed E-state index contributed by atoms with van der Waals surface area (Å²) >= 11 is 5.37. The molecule has 0 aliphatic heterocycles. The maximum absolute atomic E-state index is 11.0. The van der Waals surface area contributed by atoms with E-state index in [0.717, 1.165) is 10.9 Å². The van der Waals surface area contributed by atoms with E-state index in [4.69, 9.17) is 11.6 Å². The number of hydrogen-bond donors (Lipinski definition) is 2. The molecule has 14 heavy (non-hydrogen) atoms. The second-order valence-corrected chi connectivity index (χ2v) is 3.22. The Hall–Kier alpha value is -1.48. The smallest absolute Gasteiger partial charge is 0.240 e. The number of anilines is 1. The molecule has 2 N–H and O–H groups in total. The van der Waals surface area contributed by atoms with Gasteiger partial charge in [0.15, 0.2) is 0 Å². The third kappa shape index (κ3) is 1.72. The third-order valence-electron chi connectivity index (χ3n) is 1.93. The first-order chi connectivity index (χ1) is 6.79. The van der Waals surface area contributed by atoms with E-state index in [0.29, 0.717) is 5.82 Å². The summed E-state index contributed by atoms with van der Waals surface area (Å²) in [4.78, 5) is 14.1. The number of para-hydroxylation sites is 1. The van der Waals surface area contributed by atoms with Gasteiger partial charge in [-0.25, -0.2) is 0 Å². The maximum atomic E-state index is 11.0. The molecule has 3 nitrogen and oxygen atoms in total. The van der Waals surface area contributed by atoms with Crippen LogP contribution in [0.1, 0.15) is 0 Å². The monoisotopic (exact) mass is 208 g/mol. The predicted molar refractivity (Wildman–Crippen MR) is 57.6 cm³/mol. The van der Waals surface area contributed by atoms with E-state index < -0.39 is 0 Å². The van der Waals surface area contributed by atoms with E-state index in [2.05, 4.69) is 10.3 Å². The summed E-state index contributed by atoms with van der Waals surface area (Å²) in [5.41, 5.74) is 0.998. The van der Waals surface area contributed by atoms with Crippen LogP contribution >= 0.6 is 11.6 Å². The topological polar surface area (TPSA) is 44.9 Å². The maximum Gasteiger partial charge on any atom is 0.240 e. The van der Waals surface area contributed by atoms with Gasteiger partial charge >= 0.3 is 0 Å². The Kier molecular flexibility index (Phi) is 2.41. The van der Waals surface area contributed by atoms with Gasteiger partial charge < -0.3 is 10.3 Å². The van der Waals surface area contributed by atoms with E-state index >= 15 is 0 Å². The van der Waals surface area contributed by atoms with Gasteiger partial charge in [-0.2, -0.15) is 0 Å². The number of carbonyl (C=O) groups excluding carboxylic acids is 1. The number of H-pyrrole nitrogens is 1. The summed E-state index contributed by atoms with van der Waals surface area (Å²) in [5, 5.41) is 3.72. The van der Waals surface area contributed by atoms with Crippen LogP contribution in [0.5, 0.6) is 0 Å². The summed E-state index contributed by atoms with van der Waals surface area (Å²) in [6.45, 7) is 0. The van der Waals surface area contributed by atoms with Crippen LogP contribution in [0.15, 0.2) is 30.3 Å². The molecule has 1 heterocycles. The molecule has 4 heteroatoms. The van der Waals surface area contributed by atoms with Gasteiger partial charge in [0.25, 0.3) is 0 Å². The second kappa shape index (κ2) is 3.72. The molecule has 0 aliphatic carbocycles. The van der Waals surface area contributed by atoms with Crippen molar-refractivity contribution in [2.75, 3.05) is 11.2 Å². The highest BCUT2D eigenvalue weighted by molar-refractivity contribution is 6.29. The van der Waals surface area contributed by atoms with Crippen LogP contribution in [0.3, 0.4) is 0 Å². The van der Waals surface area contributed by atoms with Gasteiger partial charge in [0.05, 0.1) is 0 Å². The van der Waals surface area contributed by atoms with Crippen LogP contribution < -0.4 is 5.32 Å². The van der Waals surface area contributed by atoms with E-state index in [9.17, 15) is 4.79 Å². The number of hydrogen-bond acceptors (Lipinski definition) is 1. The number of aromatic amines is 1. The average molecular weight is 209 g/mol. The van der Waals surface area contributed by atoms with Crippen LogP contribution in [0.4, 0.5) is 5.82 Å². The molecule has 0 atom stereocenters. The summed E-state index contributed by atoms with van der Waals surface area (Å²) in [5.74, 6) is 0.435. The molecule has 0 spiro atoms. The number of fused-ring (bicyclic) bond motifs is 1. The quantitative estimate of drug-likeness (QED) is 0.732. The number of amides is 1. The summed E-state index contributed by atoms with van der Waals surface area (Å²) in [6.07, 6.45) is 0. The molecule has 1 aromatic heterocycles. The van der Waals surface area contributed by atoms with Crippen LogP contribution in [-0.2, 0) is 4.79 Å². The van der Waals surface area contributed by atoms with Gasteiger partial charge in [-0.15, -0.1) is 11.6 Å². The number of carbonyl (C=O) groups is 1. The van der Waals surface area contributed by atoms with Crippen LogP contribution in [0.2, 0.25) is 0 Å². The fourth-order valence-corrected chi connectivity index (χ4v) is 1.39. The van der Waals surface area contributed by atoms with Gasteiger partial charge in [0.2, 0.25) is 5.91 Å². The average Bonchev–Trinajstić information content (AvgIpc) is 2.59. The fourth-order valence-electron chi connectivity index (χ4n) is 1.32. The van der Waals surface area contributed by atoms with Crippen LogP contribution in [0, 0.1) is 0 Å². The SMILES string of the molecule is O=C(CCl)Nc1cc2ccccc2[nH]1. The van der Waals surface area contributed by atoms with Crippen molar-refractivity contribution in [2.45, 2.75) is 0 Å². The lowest BCUT2D eigenvalue weighted by Gasteiger charge is -1.96. The van der Waals surface area contributed by atoms with Gasteiger partial charge in [0.1, 0.15) is 11.7 Å². The Morgan fingerprint density at radius 1 is 1.43 bits per heavy atom. The lowest BCUT2D eigenvalue weighted by atomic mass is 10.2. The molecule has 2 rings (SSSR count). The number of alkyl halides is 1. The van der Waals surface area contributed by atoms with Crippen molar-refractivity contribution in [3.8, 4) is 0 Å². The van der Waals surface area contributed by atoms with Gasteiger partial charge in [-0.1, -0.05) is 18.2 Å². The molecule has 0 bridgehead atoms. The zero-order valence-corrected chi connectivity index (χ0v) is 8.14. The zero-order chi connectivity index (χ0) is 9.97. The highest BCUT2D eigenvalue weighted by Crippen LogP contribution is 2.17. The number of halogens is 1. The van der Waals surface area contributed by atoms with E-state index in [1.165, 1.54) is 0 Å². The van der Waals surface area contributed by atoms with Gasteiger partial charge in [0, 0.05) is 10.9 Å². The van der Waals surface area contributed by atoms with Crippen molar-refractivity contribution in [3.05, 3.63) is 30.3 Å². The molecule has 2 aromatic rings. The first-order valence-corrected chi connectivity index (χ1v) is 4.76. The number of benzene rings is 1.